The summed E-state index contributed by atoms with van der Waals surface area (Å²) in [4.78, 5) is 11.3. The quantitative estimate of drug-likeness (QED) is 0.664. The molecular weight excluding hydrogens is 230 g/mol. The Labute approximate surface area is 97.2 Å². The van der Waals surface area contributed by atoms with Gasteiger partial charge in [-0.3, -0.25) is 4.79 Å². The number of carbonyl (C=O) groups excluding carboxylic acids is 1. The number of hydrogen-bond donors (Lipinski definition) is 2. The van der Waals surface area contributed by atoms with Crippen molar-refractivity contribution >= 4 is 15.7 Å². The van der Waals surface area contributed by atoms with Gasteiger partial charge in [0.25, 0.3) is 0 Å². The number of amides is 1. The maximum absolute atomic E-state index is 11.3. The molecule has 0 fully saturated rings. The third kappa shape index (κ3) is 8.67. The molecule has 0 rings (SSSR count). The first-order chi connectivity index (χ1) is 7.16. The predicted octanol–water partition coefficient (Wildman–Crippen LogP) is -0.0541. The van der Waals surface area contributed by atoms with Crippen molar-refractivity contribution in [1.29, 1.82) is 0 Å². The highest BCUT2D eigenvalue weighted by molar-refractivity contribution is 7.90. The molecule has 0 saturated carbocycles. The van der Waals surface area contributed by atoms with Crippen molar-refractivity contribution in [1.82, 2.24) is 5.32 Å². The second kappa shape index (κ2) is 6.20. The highest BCUT2D eigenvalue weighted by Gasteiger charge is 2.18. The van der Waals surface area contributed by atoms with Crippen LogP contribution in [-0.4, -0.2) is 44.6 Å². The van der Waals surface area contributed by atoms with Crippen LogP contribution in [0.15, 0.2) is 0 Å². The molecule has 5 nitrogen and oxygen atoms in total. The lowest BCUT2D eigenvalue weighted by molar-refractivity contribution is -0.121. The molecule has 0 radical (unpaired) electrons. The number of nitrogens with one attached hydrogen (secondary N) is 1. The van der Waals surface area contributed by atoms with Gasteiger partial charge < -0.3 is 10.4 Å². The van der Waals surface area contributed by atoms with E-state index in [-0.39, 0.29) is 30.1 Å². The summed E-state index contributed by atoms with van der Waals surface area (Å²) in [6.07, 6.45) is 1.70. The van der Waals surface area contributed by atoms with Gasteiger partial charge in [0.1, 0.15) is 9.84 Å². The van der Waals surface area contributed by atoms with Gasteiger partial charge in [-0.2, -0.15) is 0 Å². The molecule has 0 aromatic rings. The minimum Gasteiger partial charge on any atom is -0.396 e. The smallest absolute Gasteiger partial charge is 0.221 e. The third-order valence-electron chi connectivity index (χ3n) is 2.25. The summed E-state index contributed by atoms with van der Waals surface area (Å²) in [5.41, 5.74) is -0.171. The van der Waals surface area contributed by atoms with Gasteiger partial charge in [-0.15, -0.1) is 0 Å². The van der Waals surface area contributed by atoms with Gasteiger partial charge >= 0.3 is 0 Å². The first-order valence-corrected chi connectivity index (χ1v) is 7.28. The highest BCUT2D eigenvalue weighted by atomic mass is 32.2. The van der Waals surface area contributed by atoms with Gasteiger partial charge in [-0.25, -0.2) is 8.42 Å². The molecule has 0 aromatic carbocycles. The average molecular weight is 251 g/mol. The molecule has 0 aromatic heterocycles. The molecule has 16 heavy (non-hydrogen) atoms. The summed E-state index contributed by atoms with van der Waals surface area (Å²) in [5, 5.41) is 11.5. The van der Waals surface area contributed by atoms with E-state index in [4.69, 9.17) is 5.11 Å². The van der Waals surface area contributed by atoms with Crippen molar-refractivity contribution in [3.05, 3.63) is 0 Å². The number of rotatable bonds is 7. The van der Waals surface area contributed by atoms with Crippen LogP contribution in [0, 0.1) is 5.41 Å². The first-order valence-electron chi connectivity index (χ1n) is 5.21. The summed E-state index contributed by atoms with van der Waals surface area (Å²) < 4.78 is 21.7. The number of sulfone groups is 1. The van der Waals surface area contributed by atoms with Gasteiger partial charge in [0.05, 0.1) is 5.75 Å². The number of aliphatic hydroxyl groups is 1. The van der Waals surface area contributed by atoms with Crippen LogP contribution in [0.3, 0.4) is 0 Å². The lowest BCUT2D eigenvalue weighted by Gasteiger charge is -2.23. The third-order valence-corrected chi connectivity index (χ3v) is 3.20. The fraction of sp³-hybridized carbons (Fsp3) is 0.900. The molecule has 0 saturated heterocycles. The van der Waals surface area contributed by atoms with E-state index in [1.807, 2.05) is 13.8 Å². The zero-order valence-electron chi connectivity index (χ0n) is 10.1. The number of aliphatic hydroxyl groups excluding tert-OH is 1. The van der Waals surface area contributed by atoms with Crippen LogP contribution in [0.25, 0.3) is 0 Å². The van der Waals surface area contributed by atoms with Crippen LogP contribution in [-0.2, 0) is 14.6 Å². The molecule has 0 aliphatic rings. The first kappa shape index (κ1) is 15.4. The maximum atomic E-state index is 11.3. The number of carbonyl (C=O) groups is 1. The monoisotopic (exact) mass is 251 g/mol. The molecule has 0 atom stereocenters. The Morgan fingerprint density at radius 3 is 2.38 bits per heavy atom. The van der Waals surface area contributed by atoms with Crippen molar-refractivity contribution in [3.8, 4) is 0 Å². The Hall–Kier alpha value is -0.620. The van der Waals surface area contributed by atoms with Gasteiger partial charge in [-0.1, -0.05) is 13.8 Å². The molecule has 96 valence electrons. The standard InChI is InChI=1S/C10H21NO4S/c1-10(2,5-6-12)8-11-9(13)4-7-16(3,14)15/h12H,4-8H2,1-3H3,(H,11,13). The zero-order valence-corrected chi connectivity index (χ0v) is 10.9. The van der Waals surface area contributed by atoms with E-state index in [1.54, 1.807) is 0 Å². The van der Waals surface area contributed by atoms with Gasteiger partial charge in [0, 0.05) is 25.8 Å². The molecule has 6 heteroatoms. The second-order valence-corrected chi connectivity index (χ2v) is 7.05. The average Bonchev–Trinajstić information content (AvgIpc) is 2.10. The van der Waals surface area contributed by atoms with Crippen molar-refractivity contribution in [2.75, 3.05) is 25.2 Å². The Kier molecular flexibility index (Phi) is 5.96. The lowest BCUT2D eigenvalue weighted by Crippen LogP contribution is -2.35. The van der Waals surface area contributed by atoms with Gasteiger partial charge in [0.2, 0.25) is 5.91 Å². The van der Waals surface area contributed by atoms with Crippen molar-refractivity contribution in [2.45, 2.75) is 26.7 Å². The molecule has 0 bridgehead atoms. The second-order valence-electron chi connectivity index (χ2n) is 4.79. The molecule has 1 amide bonds. The summed E-state index contributed by atoms with van der Waals surface area (Å²) in [6, 6.07) is 0. The molecule has 0 aliphatic carbocycles. The molecule has 0 spiro atoms. The summed E-state index contributed by atoms with van der Waals surface area (Å²) in [6.45, 7) is 4.38. The highest BCUT2D eigenvalue weighted by Crippen LogP contribution is 2.17. The Morgan fingerprint density at radius 2 is 1.94 bits per heavy atom. The van der Waals surface area contributed by atoms with Crippen molar-refractivity contribution in [3.63, 3.8) is 0 Å². The van der Waals surface area contributed by atoms with E-state index in [0.717, 1.165) is 6.26 Å². The Balaban J connectivity index is 3.90. The summed E-state index contributed by atoms with van der Waals surface area (Å²) in [5.74, 6) is -0.393. The van der Waals surface area contributed by atoms with Crippen LogP contribution >= 0.6 is 0 Å². The van der Waals surface area contributed by atoms with Crippen molar-refractivity contribution < 1.29 is 18.3 Å². The Bertz CT molecular complexity index is 322. The van der Waals surface area contributed by atoms with E-state index in [1.165, 1.54) is 0 Å². The number of hydrogen-bond acceptors (Lipinski definition) is 4. The molecule has 0 unspecified atom stereocenters. The zero-order chi connectivity index (χ0) is 12.8. The topological polar surface area (TPSA) is 83.5 Å². The van der Waals surface area contributed by atoms with Crippen LogP contribution in [0.5, 0.6) is 0 Å². The van der Waals surface area contributed by atoms with E-state index in [2.05, 4.69) is 5.32 Å². The maximum Gasteiger partial charge on any atom is 0.221 e. The normalized spacial score (nSPS) is 12.5. The van der Waals surface area contributed by atoms with E-state index in [0.29, 0.717) is 13.0 Å². The summed E-state index contributed by atoms with van der Waals surface area (Å²) >= 11 is 0. The van der Waals surface area contributed by atoms with Crippen molar-refractivity contribution in [2.24, 2.45) is 5.41 Å². The molecule has 0 heterocycles. The lowest BCUT2D eigenvalue weighted by atomic mass is 9.90. The predicted molar refractivity (Wildman–Crippen MR) is 62.8 cm³/mol. The van der Waals surface area contributed by atoms with E-state index >= 15 is 0 Å². The van der Waals surface area contributed by atoms with Gasteiger partial charge in [0.15, 0.2) is 0 Å². The molecular formula is C10H21NO4S. The van der Waals surface area contributed by atoms with E-state index < -0.39 is 9.84 Å². The minimum absolute atomic E-state index is 0.00591. The van der Waals surface area contributed by atoms with Gasteiger partial charge in [-0.05, 0) is 11.8 Å². The van der Waals surface area contributed by atoms with E-state index in [9.17, 15) is 13.2 Å². The summed E-state index contributed by atoms with van der Waals surface area (Å²) in [7, 11) is -3.08. The largest absolute Gasteiger partial charge is 0.396 e. The minimum atomic E-state index is -3.08. The fourth-order valence-corrected chi connectivity index (χ4v) is 1.65. The van der Waals surface area contributed by atoms with Crippen LogP contribution in [0.4, 0.5) is 0 Å². The SMILES string of the molecule is CC(C)(CCO)CNC(=O)CCS(C)(=O)=O. The molecule has 2 N–H and O–H groups in total. The van der Waals surface area contributed by atoms with Crippen LogP contribution in [0.1, 0.15) is 26.7 Å². The molecule has 0 aliphatic heterocycles. The van der Waals surface area contributed by atoms with Crippen LogP contribution in [0.2, 0.25) is 0 Å². The fourth-order valence-electron chi connectivity index (χ4n) is 1.10. The Morgan fingerprint density at radius 1 is 1.38 bits per heavy atom. The van der Waals surface area contributed by atoms with Crippen LogP contribution < -0.4 is 5.32 Å².